The van der Waals surface area contributed by atoms with Gasteiger partial charge >= 0.3 is 0 Å². The molecule has 0 unspecified atom stereocenters. The Kier molecular flexibility index (Phi) is 5.34. The lowest BCUT2D eigenvalue weighted by molar-refractivity contribution is -0.115. The highest BCUT2D eigenvalue weighted by atomic mass is 35.5. The molecule has 0 spiro atoms. The molecular formula is C21H20ClFN4O3. The van der Waals surface area contributed by atoms with E-state index in [1.54, 1.807) is 21.9 Å². The third kappa shape index (κ3) is 3.82. The summed E-state index contributed by atoms with van der Waals surface area (Å²) in [5.74, 6) is -1.07. The number of rotatable bonds is 2. The van der Waals surface area contributed by atoms with Crippen molar-refractivity contribution in [3.05, 3.63) is 58.4 Å². The molecular weight excluding hydrogens is 411 g/mol. The van der Waals surface area contributed by atoms with Gasteiger partial charge in [-0.05, 0) is 36.4 Å². The minimum atomic E-state index is -0.501. The summed E-state index contributed by atoms with van der Waals surface area (Å²) >= 11 is 6.00. The van der Waals surface area contributed by atoms with Gasteiger partial charge in [0, 0.05) is 38.8 Å². The first-order chi connectivity index (χ1) is 14.3. The Morgan fingerprint density at radius 2 is 1.67 bits per heavy atom. The summed E-state index contributed by atoms with van der Waals surface area (Å²) < 4.78 is 13.2. The topological polar surface area (TPSA) is 73.0 Å². The van der Waals surface area contributed by atoms with Gasteiger partial charge in [0.15, 0.2) is 0 Å². The predicted octanol–water partition coefficient (Wildman–Crippen LogP) is 2.47. The first-order valence-electron chi connectivity index (χ1n) is 9.52. The van der Waals surface area contributed by atoms with E-state index < -0.39 is 5.82 Å². The Hall–Kier alpha value is -3.13. The van der Waals surface area contributed by atoms with Gasteiger partial charge in [0.05, 0.1) is 28.5 Å². The molecule has 0 bridgehead atoms. The molecule has 1 N–H and O–H groups in total. The number of likely N-dealkylation sites (N-methyl/N-ethyl adjacent to an activating group) is 1. The van der Waals surface area contributed by atoms with Crippen LogP contribution in [0.15, 0.2) is 36.4 Å². The fraction of sp³-hybridized carbons (Fsp3) is 0.286. The highest BCUT2D eigenvalue weighted by Gasteiger charge is 2.28. The maximum atomic E-state index is 13.2. The number of hydrogen-bond donors (Lipinski definition) is 1. The largest absolute Gasteiger partial charge is 0.364 e. The van der Waals surface area contributed by atoms with Gasteiger partial charge in [-0.15, -0.1) is 0 Å². The second kappa shape index (κ2) is 7.95. The van der Waals surface area contributed by atoms with E-state index in [-0.39, 0.29) is 34.9 Å². The van der Waals surface area contributed by atoms with Gasteiger partial charge in [0.1, 0.15) is 5.82 Å². The van der Waals surface area contributed by atoms with Crippen molar-refractivity contribution in [2.45, 2.75) is 0 Å². The van der Waals surface area contributed by atoms with Crippen LogP contribution in [0.1, 0.15) is 20.7 Å². The summed E-state index contributed by atoms with van der Waals surface area (Å²) in [5.41, 5.74) is 2.19. The van der Waals surface area contributed by atoms with Gasteiger partial charge in [-0.1, -0.05) is 11.6 Å². The molecule has 3 amide bonds. The van der Waals surface area contributed by atoms with Gasteiger partial charge in [-0.2, -0.15) is 0 Å². The summed E-state index contributed by atoms with van der Waals surface area (Å²) in [6.45, 7) is 1.71. The number of hydrogen-bond acceptors (Lipinski definition) is 4. The molecule has 2 aromatic rings. The SMILES string of the molecule is CN1CC(=O)Nc2cc(C(=O)N3CCN(C(=O)c4ccc(F)cc4Cl)CC3)ccc21. The van der Waals surface area contributed by atoms with Gasteiger partial charge < -0.3 is 20.0 Å². The molecule has 156 valence electrons. The summed E-state index contributed by atoms with van der Waals surface area (Å²) in [6.07, 6.45) is 0. The summed E-state index contributed by atoms with van der Waals surface area (Å²) in [7, 11) is 1.82. The third-order valence-corrected chi connectivity index (χ3v) is 5.64. The number of anilines is 2. The average Bonchev–Trinajstić information content (AvgIpc) is 2.72. The first-order valence-corrected chi connectivity index (χ1v) is 9.90. The lowest BCUT2D eigenvalue weighted by Gasteiger charge is -2.35. The monoisotopic (exact) mass is 430 g/mol. The number of carbonyl (C=O) groups is 3. The van der Waals surface area contributed by atoms with Crippen LogP contribution in [-0.2, 0) is 4.79 Å². The van der Waals surface area contributed by atoms with Crippen molar-refractivity contribution < 1.29 is 18.8 Å². The smallest absolute Gasteiger partial charge is 0.255 e. The molecule has 0 radical (unpaired) electrons. The molecule has 7 nitrogen and oxygen atoms in total. The fourth-order valence-electron chi connectivity index (χ4n) is 3.72. The highest BCUT2D eigenvalue weighted by molar-refractivity contribution is 6.33. The van der Waals surface area contributed by atoms with E-state index in [9.17, 15) is 18.8 Å². The molecule has 1 saturated heterocycles. The number of halogens is 2. The molecule has 1 fully saturated rings. The van der Waals surface area contributed by atoms with Crippen LogP contribution in [0.3, 0.4) is 0 Å². The molecule has 0 atom stereocenters. The van der Waals surface area contributed by atoms with E-state index in [1.807, 2.05) is 18.0 Å². The van der Waals surface area contributed by atoms with Gasteiger partial charge in [0.2, 0.25) is 5.91 Å². The minimum absolute atomic E-state index is 0.0691. The van der Waals surface area contributed by atoms with Crippen LogP contribution in [0.25, 0.3) is 0 Å². The summed E-state index contributed by atoms with van der Waals surface area (Å²) in [4.78, 5) is 42.5. The number of carbonyl (C=O) groups excluding carboxylic acids is 3. The molecule has 0 aliphatic carbocycles. The molecule has 4 rings (SSSR count). The van der Waals surface area contributed by atoms with Gasteiger partial charge in [0.25, 0.3) is 11.8 Å². The number of nitrogens with one attached hydrogen (secondary N) is 1. The molecule has 2 aliphatic heterocycles. The van der Waals surface area contributed by atoms with Crippen LogP contribution < -0.4 is 10.2 Å². The zero-order valence-corrected chi connectivity index (χ0v) is 17.1. The zero-order valence-electron chi connectivity index (χ0n) is 16.3. The van der Waals surface area contributed by atoms with E-state index in [0.29, 0.717) is 37.4 Å². The second-order valence-corrected chi connectivity index (χ2v) is 7.75. The Labute approximate surface area is 178 Å². The molecule has 2 heterocycles. The lowest BCUT2D eigenvalue weighted by atomic mass is 10.1. The summed E-state index contributed by atoms with van der Waals surface area (Å²) in [6, 6.07) is 8.92. The van der Waals surface area contributed by atoms with Crippen LogP contribution in [0.5, 0.6) is 0 Å². The number of benzene rings is 2. The zero-order chi connectivity index (χ0) is 21.4. The Balaban J connectivity index is 1.43. The quantitative estimate of drug-likeness (QED) is 0.794. The Morgan fingerprint density at radius 1 is 1.00 bits per heavy atom. The van der Waals surface area contributed by atoms with Crippen molar-refractivity contribution in [1.29, 1.82) is 0 Å². The molecule has 9 heteroatoms. The highest BCUT2D eigenvalue weighted by Crippen LogP contribution is 2.30. The normalized spacial score (nSPS) is 16.2. The maximum absolute atomic E-state index is 13.2. The maximum Gasteiger partial charge on any atom is 0.255 e. The third-order valence-electron chi connectivity index (χ3n) is 5.33. The second-order valence-electron chi connectivity index (χ2n) is 7.34. The molecule has 2 aromatic carbocycles. The number of fused-ring (bicyclic) bond motifs is 1. The van der Waals surface area contributed by atoms with E-state index in [0.717, 1.165) is 11.8 Å². The molecule has 30 heavy (non-hydrogen) atoms. The van der Waals surface area contributed by atoms with Gasteiger partial charge in [-0.25, -0.2) is 4.39 Å². The molecule has 2 aliphatic rings. The van der Waals surface area contributed by atoms with Crippen molar-refractivity contribution in [1.82, 2.24) is 9.80 Å². The van der Waals surface area contributed by atoms with Crippen LogP contribution in [0.2, 0.25) is 5.02 Å². The first kappa shape index (κ1) is 20.2. The molecule has 0 saturated carbocycles. The van der Waals surface area contributed by atoms with E-state index in [1.165, 1.54) is 12.1 Å². The van der Waals surface area contributed by atoms with Crippen LogP contribution in [0.4, 0.5) is 15.8 Å². The average molecular weight is 431 g/mol. The van der Waals surface area contributed by atoms with Gasteiger partial charge in [-0.3, -0.25) is 14.4 Å². The van der Waals surface area contributed by atoms with Crippen molar-refractivity contribution in [3.8, 4) is 0 Å². The molecule has 0 aromatic heterocycles. The number of nitrogens with zero attached hydrogens (tertiary/aromatic N) is 3. The number of piperazine rings is 1. The fourth-order valence-corrected chi connectivity index (χ4v) is 3.97. The van der Waals surface area contributed by atoms with Crippen molar-refractivity contribution in [2.75, 3.05) is 50.0 Å². The van der Waals surface area contributed by atoms with E-state index in [2.05, 4.69) is 5.32 Å². The number of amides is 3. The lowest BCUT2D eigenvalue weighted by Crippen LogP contribution is -2.50. The van der Waals surface area contributed by atoms with Crippen LogP contribution >= 0.6 is 11.6 Å². The van der Waals surface area contributed by atoms with Crippen molar-refractivity contribution >= 4 is 40.7 Å². The predicted molar refractivity (Wildman–Crippen MR) is 112 cm³/mol. The van der Waals surface area contributed by atoms with Crippen molar-refractivity contribution in [2.24, 2.45) is 0 Å². The van der Waals surface area contributed by atoms with Crippen LogP contribution in [-0.4, -0.2) is 67.3 Å². The van der Waals surface area contributed by atoms with E-state index in [4.69, 9.17) is 11.6 Å². The van der Waals surface area contributed by atoms with Crippen LogP contribution in [0, 0.1) is 5.82 Å². The minimum Gasteiger partial charge on any atom is -0.364 e. The van der Waals surface area contributed by atoms with E-state index >= 15 is 0 Å². The Bertz CT molecular complexity index is 1040. The standard InChI is InChI=1S/C21H20ClFN4O3/c1-25-12-19(28)24-17-10-13(2-5-18(17)25)20(29)26-6-8-27(9-7-26)21(30)15-4-3-14(23)11-16(15)22/h2-5,10-11H,6-9,12H2,1H3,(H,24,28). The van der Waals surface area contributed by atoms with Crippen molar-refractivity contribution in [3.63, 3.8) is 0 Å². The Morgan fingerprint density at radius 3 is 2.33 bits per heavy atom. The summed E-state index contributed by atoms with van der Waals surface area (Å²) in [5, 5.41) is 2.86.